The van der Waals surface area contributed by atoms with Gasteiger partial charge in [0.1, 0.15) is 11.5 Å². The molecule has 0 atom stereocenters. The summed E-state index contributed by atoms with van der Waals surface area (Å²) in [5, 5.41) is 5.88. The van der Waals surface area contributed by atoms with Crippen molar-refractivity contribution in [2.24, 2.45) is 0 Å². The second-order valence-corrected chi connectivity index (χ2v) is 8.53. The summed E-state index contributed by atoms with van der Waals surface area (Å²) in [7, 11) is 0. The Morgan fingerprint density at radius 1 is 0.800 bits per heavy atom. The molecule has 0 spiro atoms. The standard InChI is InChI=1S/C27H27ClN2O5/c1-17-13-18(2)15-22(14-17)35-21-9-7-20(8-10-21)29-25(31)11-12-27(33)34-16-26(32)30-24-6-4-5-23(28)19(24)3/h4-10,13-15H,11-12,16H2,1-3H3,(H,29,31)(H,30,32). The molecule has 0 aromatic heterocycles. The number of anilines is 2. The lowest BCUT2D eigenvalue weighted by Gasteiger charge is -2.10. The van der Waals surface area contributed by atoms with Crippen molar-refractivity contribution in [1.29, 1.82) is 0 Å². The van der Waals surface area contributed by atoms with Crippen molar-refractivity contribution in [2.45, 2.75) is 33.6 Å². The van der Waals surface area contributed by atoms with Gasteiger partial charge in [-0.05, 0) is 86.0 Å². The largest absolute Gasteiger partial charge is 0.457 e. The van der Waals surface area contributed by atoms with Crippen LogP contribution in [0, 0.1) is 20.8 Å². The maximum Gasteiger partial charge on any atom is 0.306 e. The lowest BCUT2D eigenvalue weighted by molar-refractivity contribution is -0.147. The van der Waals surface area contributed by atoms with Crippen molar-refractivity contribution in [2.75, 3.05) is 17.2 Å². The SMILES string of the molecule is Cc1cc(C)cc(Oc2ccc(NC(=O)CCC(=O)OCC(=O)Nc3cccc(Cl)c3C)cc2)c1. The van der Waals surface area contributed by atoms with Crippen LogP contribution in [-0.4, -0.2) is 24.4 Å². The predicted octanol–water partition coefficient (Wildman–Crippen LogP) is 5.96. The Labute approximate surface area is 209 Å². The molecule has 3 rings (SSSR count). The summed E-state index contributed by atoms with van der Waals surface area (Å²) >= 11 is 6.02. The third-order valence-electron chi connectivity index (χ3n) is 5.03. The third-order valence-corrected chi connectivity index (χ3v) is 5.44. The van der Waals surface area contributed by atoms with Crippen LogP contribution in [0.5, 0.6) is 11.5 Å². The molecule has 0 heterocycles. The number of carbonyl (C=O) groups excluding carboxylic acids is 3. The molecule has 35 heavy (non-hydrogen) atoms. The number of nitrogens with one attached hydrogen (secondary N) is 2. The highest BCUT2D eigenvalue weighted by Crippen LogP contribution is 2.25. The molecule has 3 aromatic carbocycles. The Balaban J connectivity index is 1.39. The first-order valence-electron chi connectivity index (χ1n) is 11.1. The van der Waals surface area contributed by atoms with E-state index < -0.39 is 18.5 Å². The van der Waals surface area contributed by atoms with Crippen LogP contribution in [-0.2, 0) is 19.1 Å². The number of carbonyl (C=O) groups is 3. The first kappa shape index (κ1) is 25.8. The summed E-state index contributed by atoms with van der Waals surface area (Å²) < 4.78 is 10.8. The van der Waals surface area contributed by atoms with E-state index in [-0.39, 0.29) is 18.7 Å². The maximum atomic E-state index is 12.2. The van der Waals surface area contributed by atoms with Crippen molar-refractivity contribution >= 4 is 40.8 Å². The van der Waals surface area contributed by atoms with Gasteiger partial charge in [0.05, 0.1) is 6.42 Å². The second-order valence-electron chi connectivity index (χ2n) is 8.12. The average Bonchev–Trinajstić information content (AvgIpc) is 2.80. The van der Waals surface area contributed by atoms with Crippen molar-refractivity contribution in [3.63, 3.8) is 0 Å². The van der Waals surface area contributed by atoms with Crippen LogP contribution >= 0.6 is 11.6 Å². The fraction of sp³-hybridized carbons (Fsp3) is 0.222. The van der Waals surface area contributed by atoms with Gasteiger partial charge in [0.2, 0.25) is 5.91 Å². The minimum Gasteiger partial charge on any atom is -0.457 e. The Hall–Kier alpha value is -3.84. The number of esters is 1. The van der Waals surface area contributed by atoms with E-state index in [4.69, 9.17) is 21.1 Å². The van der Waals surface area contributed by atoms with Crippen molar-refractivity contribution < 1.29 is 23.9 Å². The number of hydrogen-bond donors (Lipinski definition) is 2. The molecule has 3 aromatic rings. The van der Waals surface area contributed by atoms with Gasteiger partial charge in [-0.1, -0.05) is 23.7 Å². The molecule has 0 saturated heterocycles. The third kappa shape index (κ3) is 8.15. The van der Waals surface area contributed by atoms with E-state index in [9.17, 15) is 14.4 Å². The number of rotatable bonds is 9. The molecular weight excluding hydrogens is 468 g/mol. The molecule has 0 saturated carbocycles. The van der Waals surface area contributed by atoms with Crippen LogP contribution < -0.4 is 15.4 Å². The minimum atomic E-state index is -0.643. The fourth-order valence-corrected chi connectivity index (χ4v) is 3.50. The summed E-state index contributed by atoms with van der Waals surface area (Å²) in [5.41, 5.74) is 4.06. The van der Waals surface area contributed by atoms with Crippen LogP contribution in [0.4, 0.5) is 11.4 Å². The highest BCUT2D eigenvalue weighted by atomic mass is 35.5. The molecule has 182 valence electrons. The minimum absolute atomic E-state index is 0.0747. The Bertz CT molecular complexity index is 1200. The first-order valence-corrected chi connectivity index (χ1v) is 11.4. The molecule has 0 radical (unpaired) electrons. The van der Waals surface area contributed by atoms with E-state index in [1.165, 1.54) is 0 Å². The molecule has 0 aliphatic carbocycles. The normalized spacial score (nSPS) is 10.4. The monoisotopic (exact) mass is 494 g/mol. The Kier molecular flexibility index (Phi) is 8.86. The number of amides is 2. The zero-order valence-corrected chi connectivity index (χ0v) is 20.6. The summed E-state index contributed by atoms with van der Waals surface area (Å²) in [6, 6.07) is 18.0. The van der Waals surface area contributed by atoms with E-state index in [0.717, 1.165) is 22.4 Å². The van der Waals surface area contributed by atoms with Gasteiger partial charge in [0.15, 0.2) is 6.61 Å². The van der Waals surface area contributed by atoms with Gasteiger partial charge < -0.3 is 20.1 Å². The van der Waals surface area contributed by atoms with Gasteiger partial charge in [-0.25, -0.2) is 0 Å². The molecular formula is C27H27ClN2O5. The summed E-state index contributed by atoms with van der Waals surface area (Å²) in [6.07, 6.45) is -0.224. The van der Waals surface area contributed by atoms with E-state index in [1.807, 2.05) is 26.0 Å². The van der Waals surface area contributed by atoms with Crippen LogP contribution in [0.1, 0.15) is 29.5 Å². The van der Waals surface area contributed by atoms with Crippen molar-refractivity contribution in [3.8, 4) is 11.5 Å². The van der Waals surface area contributed by atoms with Gasteiger partial charge >= 0.3 is 5.97 Å². The number of aryl methyl sites for hydroxylation is 2. The highest BCUT2D eigenvalue weighted by Gasteiger charge is 2.12. The molecule has 0 aliphatic heterocycles. The van der Waals surface area contributed by atoms with Crippen LogP contribution in [0.3, 0.4) is 0 Å². The molecule has 0 bridgehead atoms. The van der Waals surface area contributed by atoms with Crippen LogP contribution in [0.15, 0.2) is 60.7 Å². The van der Waals surface area contributed by atoms with Gasteiger partial charge in [0.25, 0.3) is 5.91 Å². The quantitative estimate of drug-likeness (QED) is 0.358. The molecule has 8 heteroatoms. The number of benzene rings is 3. The zero-order chi connectivity index (χ0) is 25.4. The fourth-order valence-electron chi connectivity index (χ4n) is 3.32. The molecule has 0 aliphatic rings. The van der Waals surface area contributed by atoms with Crippen LogP contribution in [0.2, 0.25) is 5.02 Å². The predicted molar refractivity (Wildman–Crippen MR) is 136 cm³/mol. The van der Waals surface area contributed by atoms with E-state index in [2.05, 4.69) is 16.7 Å². The van der Waals surface area contributed by atoms with Gasteiger partial charge in [-0.2, -0.15) is 0 Å². The topological polar surface area (TPSA) is 93.7 Å². The lowest BCUT2D eigenvalue weighted by Crippen LogP contribution is -2.22. The number of hydrogen-bond acceptors (Lipinski definition) is 5. The summed E-state index contributed by atoms with van der Waals surface area (Å²) in [5.74, 6) is -0.0902. The second kappa shape index (κ2) is 12.0. The highest BCUT2D eigenvalue weighted by molar-refractivity contribution is 6.31. The molecule has 0 unspecified atom stereocenters. The molecule has 7 nitrogen and oxygen atoms in total. The van der Waals surface area contributed by atoms with E-state index in [1.54, 1.807) is 49.4 Å². The summed E-state index contributed by atoms with van der Waals surface area (Å²) in [4.78, 5) is 36.1. The van der Waals surface area contributed by atoms with Crippen molar-refractivity contribution in [3.05, 3.63) is 82.4 Å². The Morgan fingerprint density at radius 3 is 2.17 bits per heavy atom. The van der Waals surface area contributed by atoms with E-state index >= 15 is 0 Å². The molecule has 0 fully saturated rings. The van der Waals surface area contributed by atoms with Gasteiger partial charge in [-0.15, -0.1) is 0 Å². The van der Waals surface area contributed by atoms with Gasteiger partial charge in [-0.3, -0.25) is 14.4 Å². The zero-order valence-electron chi connectivity index (χ0n) is 19.8. The summed E-state index contributed by atoms with van der Waals surface area (Å²) in [6.45, 7) is 5.33. The van der Waals surface area contributed by atoms with Crippen LogP contribution in [0.25, 0.3) is 0 Å². The first-order chi connectivity index (χ1) is 16.7. The maximum absolute atomic E-state index is 12.2. The molecule has 2 amide bonds. The number of ether oxygens (including phenoxy) is 2. The lowest BCUT2D eigenvalue weighted by atomic mass is 10.1. The molecule has 2 N–H and O–H groups in total. The smallest absolute Gasteiger partial charge is 0.306 e. The van der Waals surface area contributed by atoms with Crippen molar-refractivity contribution in [1.82, 2.24) is 0 Å². The van der Waals surface area contributed by atoms with Gasteiger partial charge in [0, 0.05) is 22.8 Å². The Morgan fingerprint density at radius 2 is 1.49 bits per heavy atom. The number of halogens is 1. The van der Waals surface area contributed by atoms with E-state index in [0.29, 0.717) is 22.1 Å². The average molecular weight is 495 g/mol.